The Bertz CT molecular complexity index is 689. The topological polar surface area (TPSA) is 69.1 Å². The van der Waals surface area contributed by atoms with Gasteiger partial charge in [0.05, 0.1) is 11.7 Å². The molecule has 3 rings (SSSR count). The number of pyridine rings is 1. The molecule has 3 heterocycles. The number of aryl methyl sites for hydroxylation is 1. The van der Waals surface area contributed by atoms with Gasteiger partial charge >= 0.3 is 0 Å². The highest BCUT2D eigenvalue weighted by Gasteiger charge is 2.06. The van der Waals surface area contributed by atoms with E-state index in [4.69, 9.17) is 5.73 Å². The number of nitrogens with zero attached hydrogens (tertiary/aromatic N) is 4. The third-order valence-corrected chi connectivity index (χ3v) is 3.03. The SMILES string of the molecule is NCCCc1cc(-c2nccc3ccnn23)ccn1. The number of nitrogens with two attached hydrogens (primary N) is 1. The summed E-state index contributed by atoms with van der Waals surface area (Å²) in [5, 5.41) is 4.30. The summed E-state index contributed by atoms with van der Waals surface area (Å²) in [5.74, 6) is 0.832. The van der Waals surface area contributed by atoms with Crippen molar-refractivity contribution in [2.45, 2.75) is 12.8 Å². The van der Waals surface area contributed by atoms with Gasteiger partial charge in [-0.1, -0.05) is 0 Å². The fourth-order valence-electron chi connectivity index (χ4n) is 2.09. The number of hydrogen-bond donors (Lipinski definition) is 1. The van der Waals surface area contributed by atoms with Crippen molar-refractivity contribution in [1.82, 2.24) is 19.6 Å². The van der Waals surface area contributed by atoms with Gasteiger partial charge in [-0.05, 0) is 43.7 Å². The van der Waals surface area contributed by atoms with Crippen LogP contribution in [0.3, 0.4) is 0 Å². The van der Waals surface area contributed by atoms with Crippen LogP contribution in [0.5, 0.6) is 0 Å². The fraction of sp³-hybridized carbons (Fsp3) is 0.214. The molecule has 2 N–H and O–H groups in total. The van der Waals surface area contributed by atoms with Gasteiger partial charge in [0.25, 0.3) is 0 Å². The summed E-state index contributed by atoms with van der Waals surface area (Å²) in [6.45, 7) is 0.679. The molecule has 0 aliphatic rings. The lowest BCUT2D eigenvalue weighted by molar-refractivity contribution is 0.810. The smallest absolute Gasteiger partial charge is 0.161 e. The Hall–Kier alpha value is -2.27. The van der Waals surface area contributed by atoms with Gasteiger partial charge in [-0.25, -0.2) is 9.50 Å². The Morgan fingerprint density at radius 3 is 2.79 bits per heavy atom. The summed E-state index contributed by atoms with van der Waals surface area (Å²) < 4.78 is 1.84. The number of fused-ring (bicyclic) bond motifs is 1. The zero-order chi connectivity index (χ0) is 13.1. The second-order valence-corrected chi connectivity index (χ2v) is 4.36. The Morgan fingerprint density at radius 2 is 1.89 bits per heavy atom. The quantitative estimate of drug-likeness (QED) is 0.768. The maximum atomic E-state index is 5.53. The third-order valence-electron chi connectivity index (χ3n) is 3.03. The lowest BCUT2D eigenvalue weighted by Crippen LogP contribution is -2.02. The van der Waals surface area contributed by atoms with E-state index < -0.39 is 0 Å². The van der Waals surface area contributed by atoms with E-state index in [0.717, 1.165) is 35.4 Å². The molecule has 0 unspecified atom stereocenters. The molecule has 0 amide bonds. The average Bonchev–Trinajstić information content (AvgIpc) is 2.93. The maximum Gasteiger partial charge on any atom is 0.161 e. The van der Waals surface area contributed by atoms with Gasteiger partial charge in [-0.2, -0.15) is 5.10 Å². The van der Waals surface area contributed by atoms with Crippen molar-refractivity contribution in [1.29, 1.82) is 0 Å². The van der Waals surface area contributed by atoms with Crippen LogP contribution in [0.4, 0.5) is 0 Å². The first kappa shape index (κ1) is 11.8. The molecule has 0 saturated heterocycles. The van der Waals surface area contributed by atoms with Gasteiger partial charge in [0.15, 0.2) is 5.82 Å². The van der Waals surface area contributed by atoms with E-state index in [2.05, 4.69) is 21.1 Å². The highest BCUT2D eigenvalue weighted by Crippen LogP contribution is 2.18. The van der Waals surface area contributed by atoms with E-state index in [9.17, 15) is 0 Å². The van der Waals surface area contributed by atoms with Crippen LogP contribution in [-0.2, 0) is 6.42 Å². The van der Waals surface area contributed by atoms with Crippen molar-refractivity contribution in [3.05, 3.63) is 48.5 Å². The molecule has 0 atom stereocenters. The minimum Gasteiger partial charge on any atom is -0.330 e. The zero-order valence-corrected chi connectivity index (χ0v) is 10.5. The first-order valence-corrected chi connectivity index (χ1v) is 6.32. The second-order valence-electron chi connectivity index (χ2n) is 4.36. The molecule has 5 nitrogen and oxygen atoms in total. The first-order chi connectivity index (χ1) is 9.38. The molecule has 0 spiro atoms. The molecule has 0 aliphatic heterocycles. The Kier molecular flexibility index (Phi) is 3.20. The van der Waals surface area contributed by atoms with E-state index in [1.807, 2.05) is 28.9 Å². The molecule has 5 heteroatoms. The number of aromatic nitrogens is 4. The van der Waals surface area contributed by atoms with Crippen LogP contribution in [0.2, 0.25) is 0 Å². The number of rotatable bonds is 4. The van der Waals surface area contributed by atoms with E-state index in [1.54, 1.807) is 12.4 Å². The lowest BCUT2D eigenvalue weighted by atomic mass is 10.1. The largest absolute Gasteiger partial charge is 0.330 e. The van der Waals surface area contributed by atoms with Crippen LogP contribution in [0, 0.1) is 0 Å². The monoisotopic (exact) mass is 253 g/mol. The predicted molar refractivity (Wildman–Crippen MR) is 73.6 cm³/mol. The highest BCUT2D eigenvalue weighted by molar-refractivity contribution is 5.60. The fourth-order valence-corrected chi connectivity index (χ4v) is 2.09. The van der Waals surface area contributed by atoms with E-state index >= 15 is 0 Å². The van der Waals surface area contributed by atoms with Crippen molar-refractivity contribution in [3.63, 3.8) is 0 Å². The summed E-state index contributed by atoms with van der Waals surface area (Å²) in [6, 6.07) is 7.91. The summed E-state index contributed by atoms with van der Waals surface area (Å²) in [5.41, 5.74) is 8.62. The van der Waals surface area contributed by atoms with E-state index in [0.29, 0.717) is 6.54 Å². The van der Waals surface area contributed by atoms with Crippen molar-refractivity contribution in [2.75, 3.05) is 6.54 Å². The van der Waals surface area contributed by atoms with Crippen LogP contribution < -0.4 is 5.73 Å². The Morgan fingerprint density at radius 1 is 1.05 bits per heavy atom. The van der Waals surface area contributed by atoms with Crippen molar-refractivity contribution >= 4 is 5.52 Å². The molecule has 0 saturated carbocycles. The summed E-state index contributed by atoms with van der Waals surface area (Å²) in [7, 11) is 0. The van der Waals surface area contributed by atoms with Gasteiger partial charge in [0.2, 0.25) is 0 Å². The predicted octanol–water partition coefficient (Wildman–Crippen LogP) is 1.68. The molecule has 96 valence electrons. The van der Waals surface area contributed by atoms with Crippen molar-refractivity contribution < 1.29 is 0 Å². The lowest BCUT2D eigenvalue weighted by Gasteiger charge is -2.05. The molecule has 0 bridgehead atoms. The van der Waals surface area contributed by atoms with Gasteiger partial charge in [0, 0.05) is 23.7 Å². The van der Waals surface area contributed by atoms with Gasteiger partial charge < -0.3 is 5.73 Å². The normalized spacial score (nSPS) is 11.0. The average molecular weight is 253 g/mol. The molecule has 0 aromatic carbocycles. The van der Waals surface area contributed by atoms with Crippen molar-refractivity contribution in [2.24, 2.45) is 5.73 Å². The van der Waals surface area contributed by atoms with E-state index in [-0.39, 0.29) is 0 Å². The molecule has 3 aromatic heterocycles. The molecule has 0 aliphatic carbocycles. The van der Waals surface area contributed by atoms with E-state index in [1.165, 1.54) is 0 Å². The standard InChI is InChI=1S/C14H15N5/c15-6-1-2-12-10-11(3-7-16-12)14-17-8-4-13-5-9-18-19(13)14/h3-5,7-10H,1-2,6,15H2. The molecular weight excluding hydrogens is 238 g/mol. The van der Waals surface area contributed by atoms with Crippen LogP contribution in [0.1, 0.15) is 12.1 Å². The first-order valence-electron chi connectivity index (χ1n) is 6.32. The minimum atomic E-state index is 0.679. The summed E-state index contributed by atoms with van der Waals surface area (Å²) in [6.07, 6.45) is 7.21. The molecule has 0 fully saturated rings. The summed E-state index contributed by atoms with van der Waals surface area (Å²) >= 11 is 0. The minimum absolute atomic E-state index is 0.679. The highest BCUT2D eigenvalue weighted by atomic mass is 15.2. The molecule has 3 aromatic rings. The van der Waals surface area contributed by atoms with Crippen molar-refractivity contribution in [3.8, 4) is 11.4 Å². The van der Waals surface area contributed by atoms with Gasteiger partial charge in [0.1, 0.15) is 0 Å². The number of hydrogen-bond acceptors (Lipinski definition) is 4. The van der Waals surface area contributed by atoms with Crippen LogP contribution >= 0.6 is 0 Å². The van der Waals surface area contributed by atoms with Gasteiger partial charge in [-0.15, -0.1) is 0 Å². The molecule has 0 radical (unpaired) electrons. The molecule has 19 heavy (non-hydrogen) atoms. The third kappa shape index (κ3) is 2.32. The Labute approximate surface area is 111 Å². The van der Waals surface area contributed by atoms with Crippen LogP contribution in [0.15, 0.2) is 42.9 Å². The maximum absolute atomic E-state index is 5.53. The van der Waals surface area contributed by atoms with Crippen LogP contribution in [0.25, 0.3) is 16.9 Å². The van der Waals surface area contributed by atoms with Crippen LogP contribution in [-0.4, -0.2) is 26.1 Å². The Balaban J connectivity index is 2.03. The second kappa shape index (κ2) is 5.16. The van der Waals surface area contributed by atoms with Gasteiger partial charge in [-0.3, -0.25) is 4.98 Å². The molecular formula is C14H15N5. The zero-order valence-electron chi connectivity index (χ0n) is 10.5. The summed E-state index contributed by atoms with van der Waals surface area (Å²) in [4.78, 5) is 8.78.